The molecule has 4 rings (SSSR count). The van der Waals surface area contributed by atoms with Crippen LogP contribution in [-0.2, 0) is 11.3 Å². The van der Waals surface area contributed by atoms with Gasteiger partial charge in [0, 0.05) is 0 Å². The number of hydrogen-bond acceptors (Lipinski definition) is 3. The van der Waals surface area contributed by atoms with Crippen LogP contribution in [0.4, 0.5) is 4.79 Å². The van der Waals surface area contributed by atoms with E-state index in [1.807, 2.05) is 73.7 Å². The fraction of sp³-hybridized carbons (Fsp3) is 0.0833. The van der Waals surface area contributed by atoms with E-state index in [2.05, 4.69) is 12.1 Å². The Labute approximate surface area is 168 Å². The van der Waals surface area contributed by atoms with Gasteiger partial charge in [0.25, 0.3) is 11.1 Å². The van der Waals surface area contributed by atoms with Crippen LogP contribution in [-0.4, -0.2) is 16.0 Å². The average Bonchev–Trinajstić information content (AvgIpc) is 2.98. The third-order valence-corrected chi connectivity index (χ3v) is 5.56. The topological polar surface area (TPSA) is 37.4 Å². The first-order valence-electron chi connectivity index (χ1n) is 9.06. The van der Waals surface area contributed by atoms with E-state index < -0.39 is 0 Å². The van der Waals surface area contributed by atoms with Crippen LogP contribution in [0.1, 0.15) is 16.7 Å². The van der Waals surface area contributed by atoms with E-state index in [1.54, 1.807) is 6.08 Å². The molecule has 0 bridgehead atoms. The summed E-state index contributed by atoms with van der Waals surface area (Å²) >= 11 is 0.998. The van der Waals surface area contributed by atoms with Crippen LogP contribution in [0.3, 0.4) is 0 Å². The quantitative estimate of drug-likeness (QED) is 0.525. The lowest BCUT2D eigenvalue weighted by molar-refractivity contribution is -0.123. The van der Waals surface area contributed by atoms with Gasteiger partial charge >= 0.3 is 0 Å². The van der Waals surface area contributed by atoms with Gasteiger partial charge < -0.3 is 0 Å². The third-order valence-electron chi connectivity index (χ3n) is 4.65. The van der Waals surface area contributed by atoms with Gasteiger partial charge in [-0.05, 0) is 47.0 Å². The summed E-state index contributed by atoms with van der Waals surface area (Å²) in [4.78, 5) is 26.8. The minimum atomic E-state index is -0.234. The molecule has 0 spiro atoms. The number of hydrogen-bond donors (Lipinski definition) is 0. The Bertz CT molecular complexity index is 1040. The molecular formula is C24H19NO2S. The van der Waals surface area contributed by atoms with Gasteiger partial charge in [-0.15, -0.1) is 0 Å². The van der Waals surface area contributed by atoms with Crippen LogP contribution < -0.4 is 0 Å². The fourth-order valence-corrected chi connectivity index (χ4v) is 3.90. The van der Waals surface area contributed by atoms with E-state index in [4.69, 9.17) is 0 Å². The van der Waals surface area contributed by atoms with Crippen molar-refractivity contribution in [3.05, 3.63) is 100 Å². The Morgan fingerprint density at radius 3 is 2.14 bits per heavy atom. The largest absolute Gasteiger partial charge is 0.293 e. The molecule has 1 fully saturated rings. The molecule has 0 aromatic heterocycles. The number of amides is 2. The van der Waals surface area contributed by atoms with Crippen LogP contribution in [0.5, 0.6) is 0 Å². The third kappa shape index (κ3) is 3.92. The second-order valence-corrected chi connectivity index (χ2v) is 7.73. The maximum atomic E-state index is 12.7. The average molecular weight is 385 g/mol. The summed E-state index contributed by atoms with van der Waals surface area (Å²) in [5.74, 6) is -0.234. The minimum Gasteiger partial charge on any atom is -0.268 e. The molecule has 0 unspecified atom stereocenters. The van der Waals surface area contributed by atoms with Crippen molar-refractivity contribution in [1.82, 2.24) is 4.90 Å². The van der Waals surface area contributed by atoms with Crippen LogP contribution >= 0.6 is 11.8 Å². The number of carbonyl (C=O) groups excluding carboxylic acids is 2. The van der Waals surface area contributed by atoms with Gasteiger partial charge in [-0.3, -0.25) is 14.5 Å². The van der Waals surface area contributed by atoms with Crippen LogP contribution in [0.15, 0.2) is 83.8 Å². The summed E-state index contributed by atoms with van der Waals surface area (Å²) in [6.07, 6.45) is 1.79. The van der Waals surface area contributed by atoms with Crippen molar-refractivity contribution in [2.75, 3.05) is 0 Å². The van der Waals surface area contributed by atoms with Crippen molar-refractivity contribution >= 4 is 29.0 Å². The van der Waals surface area contributed by atoms with Crippen molar-refractivity contribution in [3.63, 3.8) is 0 Å². The molecule has 0 atom stereocenters. The standard InChI is InChI=1S/C24H19NO2S/c1-17-7-9-19(10-8-17)16-25-23(26)22(28-24(25)27)15-18-11-13-21(14-12-18)20-5-3-2-4-6-20/h2-15H,16H2,1H3/b22-15-. The van der Waals surface area contributed by atoms with E-state index in [-0.39, 0.29) is 11.1 Å². The van der Waals surface area contributed by atoms with Gasteiger partial charge in [0.2, 0.25) is 0 Å². The maximum Gasteiger partial charge on any atom is 0.293 e. The van der Waals surface area contributed by atoms with Gasteiger partial charge in [0.1, 0.15) is 0 Å². The molecule has 138 valence electrons. The number of benzene rings is 3. The van der Waals surface area contributed by atoms with Crippen molar-refractivity contribution in [3.8, 4) is 11.1 Å². The molecule has 3 aromatic carbocycles. The van der Waals surface area contributed by atoms with Crippen LogP contribution in [0.2, 0.25) is 0 Å². The first kappa shape index (κ1) is 18.3. The van der Waals surface area contributed by atoms with Crippen molar-refractivity contribution in [2.45, 2.75) is 13.5 Å². The Morgan fingerprint density at radius 2 is 1.46 bits per heavy atom. The second kappa shape index (κ2) is 7.87. The molecule has 0 radical (unpaired) electrons. The zero-order valence-corrected chi connectivity index (χ0v) is 16.3. The molecule has 3 nitrogen and oxygen atoms in total. The lowest BCUT2D eigenvalue weighted by Gasteiger charge is -2.12. The highest BCUT2D eigenvalue weighted by atomic mass is 32.2. The Kier molecular flexibility index (Phi) is 5.13. The highest BCUT2D eigenvalue weighted by Gasteiger charge is 2.34. The zero-order valence-electron chi connectivity index (χ0n) is 15.5. The molecule has 0 aliphatic carbocycles. The summed E-state index contributed by atoms with van der Waals surface area (Å²) in [6.45, 7) is 2.31. The lowest BCUT2D eigenvalue weighted by Crippen LogP contribution is -2.27. The predicted octanol–water partition coefficient (Wildman–Crippen LogP) is 5.90. The molecular weight excluding hydrogens is 366 g/mol. The van der Waals surface area contributed by atoms with Crippen molar-refractivity contribution in [1.29, 1.82) is 0 Å². The molecule has 1 heterocycles. The van der Waals surface area contributed by atoms with Gasteiger partial charge in [0.05, 0.1) is 11.4 Å². The van der Waals surface area contributed by atoms with Crippen molar-refractivity contribution < 1.29 is 9.59 Å². The number of rotatable bonds is 4. The number of carbonyl (C=O) groups is 2. The Morgan fingerprint density at radius 1 is 0.821 bits per heavy atom. The van der Waals surface area contributed by atoms with Crippen molar-refractivity contribution in [2.24, 2.45) is 0 Å². The number of imide groups is 1. The van der Waals surface area contributed by atoms with E-state index in [1.165, 1.54) is 4.90 Å². The van der Waals surface area contributed by atoms with Gasteiger partial charge in [-0.2, -0.15) is 0 Å². The van der Waals surface area contributed by atoms with E-state index in [0.29, 0.717) is 11.4 Å². The molecule has 0 N–H and O–H groups in total. The van der Waals surface area contributed by atoms with Gasteiger partial charge in [-0.25, -0.2) is 0 Å². The number of nitrogens with zero attached hydrogens (tertiary/aromatic N) is 1. The smallest absolute Gasteiger partial charge is 0.268 e. The maximum absolute atomic E-state index is 12.7. The molecule has 0 saturated carbocycles. The Balaban J connectivity index is 1.51. The fourth-order valence-electron chi connectivity index (χ4n) is 3.07. The molecule has 28 heavy (non-hydrogen) atoms. The first-order chi connectivity index (χ1) is 13.6. The summed E-state index contributed by atoms with van der Waals surface area (Å²) < 4.78 is 0. The highest BCUT2D eigenvalue weighted by molar-refractivity contribution is 8.18. The molecule has 1 aliphatic rings. The highest BCUT2D eigenvalue weighted by Crippen LogP contribution is 2.33. The molecule has 2 amide bonds. The van der Waals surface area contributed by atoms with E-state index in [9.17, 15) is 9.59 Å². The van der Waals surface area contributed by atoms with Gasteiger partial charge in [0.15, 0.2) is 0 Å². The zero-order chi connectivity index (χ0) is 19.5. The lowest BCUT2D eigenvalue weighted by atomic mass is 10.0. The molecule has 1 saturated heterocycles. The summed E-state index contributed by atoms with van der Waals surface area (Å²) in [7, 11) is 0. The molecule has 4 heteroatoms. The minimum absolute atomic E-state index is 0.224. The SMILES string of the molecule is Cc1ccc(CN2C(=O)S/C(=C\c3ccc(-c4ccccc4)cc3)C2=O)cc1. The number of thioether (sulfide) groups is 1. The van der Waals surface area contributed by atoms with Crippen LogP contribution in [0.25, 0.3) is 17.2 Å². The second-order valence-electron chi connectivity index (χ2n) is 6.74. The first-order valence-corrected chi connectivity index (χ1v) is 9.88. The molecule has 3 aromatic rings. The summed E-state index contributed by atoms with van der Waals surface area (Å²) in [5, 5.41) is -0.224. The number of aryl methyl sites for hydroxylation is 1. The molecule has 1 aliphatic heterocycles. The monoisotopic (exact) mass is 385 g/mol. The Hall–Kier alpha value is -3.11. The van der Waals surface area contributed by atoms with E-state index >= 15 is 0 Å². The summed E-state index contributed by atoms with van der Waals surface area (Å²) in [6, 6.07) is 26.0. The van der Waals surface area contributed by atoms with Crippen LogP contribution in [0, 0.1) is 6.92 Å². The predicted molar refractivity (Wildman–Crippen MR) is 115 cm³/mol. The summed E-state index contributed by atoms with van der Waals surface area (Å²) in [5.41, 5.74) is 5.26. The van der Waals surface area contributed by atoms with E-state index in [0.717, 1.165) is 39.6 Å². The van der Waals surface area contributed by atoms with Gasteiger partial charge in [-0.1, -0.05) is 84.4 Å². The normalized spacial score (nSPS) is 15.5.